The molecule has 98 valence electrons. The Balaban J connectivity index is 2.00. The molecule has 1 saturated carbocycles. The van der Waals surface area contributed by atoms with Crippen molar-refractivity contribution in [3.05, 3.63) is 0 Å². The third-order valence-electron chi connectivity index (χ3n) is 3.24. The summed E-state index contributed by atoms with van der Waals surface area (Å²) < 4.78 is 5.37. The van der Waals surface area contributed by atoms with Crippen molar-refractivity contribution in [2.45, 2.75) is 32.1 Å². The van der Waals surface area contributed by atoms with Crippen molar-refractivity contribution in [3.63, 3.8) is 0 Å². The molecular weight excluding hydrogens is 236 g/mol. The van der Waals surface area contributed by atoms with Crippen molar-refractivity contribution in [1.82, 2.24) is 4.90 Å². The van der Waals surface area contributed by atoms with Gasteiger partial charge < -0.3 is 15.4 Å². The molecule has 1 fully saturated rings. The van der Waals surface area contributed by atoms with Crippen LogP contribution in [0.2, 0.25) is 0 Å². The summed E-state index contributed by atoms with van der Waals surface area (Å²) in [5.41, 5.74) is 5.38. The number of hydrogen-bond acceptors (Lipinski definition) is 3. The van der Waals surface area contributed by atoms with Crippen LogP contribution in [0.3, 0.4) is 0 Å². The Kier molecular flexibility index (Phi) is 6.44. The number of hydrogen-bond donors (Lipinski definition) is 1. The Hall–Kier alpha value is -0.680. The van der Waals surface area contributed by atoms with Gasteiger partial charge in [0.25, 0.3) is 0 Å². The van der Waals surface area contributed by atoms with E-state index >= 15 is 0 Å². The third kappa shape index (κ3) is 5.98. The van der Waals surface area contributed by atoms with E-state index in [0.717, 1.165) is 12.3 Å². The number of nitrogens with two attached hydrogens (primary N) is 1. The van der Waals surface area contributed by atoms with Crippen LogP contribution in [-0.4, -0.2) is 42.6 Å². The van der Waals surface area contributed by atoms with Gasteiger partial charge in [0.05, 0.1) is 4.99 Å². The zero-order valence-corrected chi connectivity index (χ0v) is 11.3. The number of carbonyl (C=O) groups excluding carboxylic acids is 1. The minimum atomic E-state index is -0.00476. The monoisotopic (exact) mass is 258 g/mol. The van der Waals surface area contributed by atoms with Gasteiger partial charge in [0.1, 0.15) is 6.61 Å². The number of amides is 1. The normalized spacial score (nSPS) is 15.4. The molecule has 5 heteroatoms. The zero-order valence-electron chi connectivity index (χ0n) is 10.5. The van der Waals surface area contributed by atoms with Crippen molar-refractivity contribution in [2.24, 2.45) is 11.7 Å². The Morgan fingerprint density at radius 1 is 1.53 bits per heavy atom. The van der Waals surface area contributed by atoms with Gasteiger partial charge in [-0.3, -0.25) is 4.79 Å². The van der Waals surface area contributed by atoms with Gasteiger partial charge in [0.2, 0.25) is 5.91 Å². The summed E-state index contributed by atoms with van der Waals surface area (Å²) in [7, 11) is 1.75. The first-order chi connectivity index (χ1) is 8.09. The maximum absolute atomic E-state index is 11.6. The SMILES string of the molecule is CN(CCC(N)=S)C(=O)COCCC1CCC1. The Morgan fingerprint density at radius 3 is 2.76 bits per heavy atom. The summed E-state index contributed by atoms with van der Waals surface area (Å²) in [6.07, 6.45) is 5.66. The van der Waals surface area contributed by atoms with Crippen molar-refractivity contribution in [1.29, 1.82) is 0 Å². The molecule has 0 bridgehead atoms. The average molecular weight is 258 g/mol. The van der Waals surface area contributed by atoms with Crippen LogP contribution >= 0.6 is 12.2 Å². The molecular formula is C12H22N2O2S. The number of ether oxygens (including phenoxy) is 1. The molecule has 4 nitrogen and oxygen atoms in total. The van der Waals surface area contributed by atoms with Gasteiger partial charge >= 0.3 is 0 Å². The summed E-state index contributed by atoms with van der Waals surface area (Å²) in [5, 5.41) is 0. The first-order valence-corrected chi connectivity index (χ1v) is 6.60. The first-order valence-electron chi connectivity index (χ1n) is 6.19. The average Bonchev–Trinajstić information content (AvgIpc) is 2.22. The fraction of sp³-hybridized carbons (Fsp3) is 0.833. The molecule has 0 saturated heterocycles. The van der Waals surface area contributed by atoms with E-state index in [9.17, 15) is 4.79 Å². The molecule has 0 radical (unpaired) electrons. The molecule has 1 rings (SSSR count). The van der Waals surface area contributed by atoms with Crippen LogP contribution in [0.25, 0.3) is 0 Å². The van der Waals surface area contributed by atoms with Crippen molar-refractivity contribution in [3.8, 4) is 0 Å². The Labute approximate surface area is 108 Å². The third-order valence-corrected chi connectivity index (χ3v) is 3.44. The molecule has 1 aliphatic carbocycles. The second kappa shape index (κ2) is 7.61. The van der Waals surface area contributed by atoms with Gasteiger partial charge in [-0.25, -0.2) is 0 Å². The van der Waals surface area contributed by atoms with E-state index in [0.29, 0.717) is 24.6 Å². The second-order valence-electron chi connectivity index (χ2n) is 4.67. The van der Waals surface area contributed by atoms with E-state index in [1.165, 1.54) is 19.3 Å². The van der Waals surface area contributed by atoms with Gasteiger partial charge in [-0.1, -0.05) is 31.5 Å². The number of likely N-dealkylation sites (N-methyl/N-ethyl adjacent to an activating group) is 1. The topological polar surface area (TPSA) is 55.6 Å². The Bertz CT molecular complexity index is 267. The highest BCUT2D eigenvalue weighted by molar-refractivity contribution is 7.80. The molecule has 0 aromatic carbocycles. The number of nitrogens with zero attached hydrogens (tertiary/aromatic N) is 1. The lowest BCUT2D eigenvalue weighted by Crippen LogP contribution is -2.33. The van der Waals surface area contributed by atoms with Gasteiger partial charge in [-0.15, -0.1) is 0 Å². The van der Waals surface area contributed by atoms with Crippen LogP contribution in [0.15, 0.2) is 0 Å². The molecule has 0 aromatic rings. The molecule has 0 aromatic heterocycles. The van der Waals surface area contributed by atoms with E-state index in [1.54, 1.807) is 11.9 Å². The molecule has 1 amide bonds. The highest BCUT2D eigenvalue weighted by Crippen LogP contribution is 2.28. The quantitative estimate of drug-likeness (QED) is 0.527. The second-order valence-corrected chi connectivity index (χ2v) is 5.19. The highest BCUT2D eigenvalue weighted by atomic mass is 32.1. The van der Waals surface area contributed by atoms with Crippen LogP contribution in [-0.2, 0) is 9.53 Å². The molecule has 0 unspecified atom stereocenters. The van der Waals surface area contributed by atoms with E-state index in [4.69, 9.17) is 22.7 Å². The number of rotatable bonds is 8. The Morgan fingerprint density at radius 2 is 2.24 bits per heavy atom. The fourth-order valence-electron chi connectivity index (χ4n) is 1.70. The fourth-order valence-corrected chi connectivity index (χ4v) is 1.80. The molecule has 17 heavy (non-hydrogen) atoms. The number of carbonyl (C=O) groups is 1. The predicted molar refractivity (Wildman–Crippen MR) is 71.8 cm³/mol. The van der Waals surface area contributed by atoms with Gasteiger partial charge in [-0.2, -0.15) is 0 Å². The van der Waals surface area contributed by atoms with Gasteiger partial charge in [0.15, 0.2) is 0 Å². The van der Waals surface area contributed by atoms with Crippen LogP contribution in [0, 0.1) is 5.92 Å². The highest BCUT2D eigenvalue weighted by Gasteiger charge is 2.17. The van der Waals surface area contributed by atoms with Gasteiger partial charge in [0, 0.05) is 26.6 Å². The molecule has 0 atom stereocenters. The van der Waals surface area contributed by atoms with E-state index < -0.39 is 0 Å². The summed E-state index contributed by atoms with van der Waals surface area (Å²) in [5.74, 6) is 0.826. The largest absolute Gasteiger partial charge is 0.393 e. The summed E-state index contributed by atoms with van der Waals surface area (Å²) in [4.78, 5) is 13.7. The molecule has 0 aliphatic heterocycles. The lowest BCUT2D eigenvalue weighted by molar-refractivity contribution is -0.134. The minimum Gasteiger partial charge on any atom is -0.393 e. The smallest absolute Gasteiger partial charge is 0.248 e. The predicted octanol–water partition coefficient (Wildman–Crippen LogP) is 1.33. The van der Waals surface area contributed by atoms with E-state index in [1.807, 2.05) is 0 Å². The summed E-state index contributed by atoms with van der Waals surface area (Å²) >= 11 is 4.76. The van der Waals surface area contributed by atoms with E-state index in [2.05, 4.69) is 0 Å². The van der Waals surface area contributed by atoms with Crippen LogP contribution in [0.4, 0.5) is 0 Å². The maximum atomic E-state index is 11.6. The molecule has 2 N–H and O–H groups in total. The van der Waals surface area contributed by atoms with Crippen LogP contribution in [0.5, 0.6) is 0 Å². The molecule has 0 heterocycles. The van der Waals surface area contributed by atoms with Crippen molar-refractivity contribution in [2.75, 3.05) is 26.8 Å². The summed E-state index contributed by atoms with van der Waals surface area (Å²) in [6.45, 7) is 1.43. The van der Waals surface area contributed by atoms with E-state index in [-0.39, 0.29) is 12.5 Å². The minimum absolute atomic E-state index is 0.00476. The summed E-state index contributed by atoms with van der Waals surface area (Å²) in [6, 6.07) is 0. The molecule has 1 aliphatic rings. The van der Waals surface area contributed by atoms with Crippen molar-refractivity contribution >= 4 is 23.1 Å². The van der Waals surface area contributed by atoms with Crippen molar-refractivity contribution < 1.29 is 9.53 Å². The maximum Gasteiger partial charge on any atom is 0.248 e. The van der Waals surface area contributed by atoms with Crippen LogP contribution < -0.4 is 5.73 Å². The lowest BCUT2D eigenvalue weighted by atomic mass is 9.83. The zero-order chi connectivity index (χ0) is 12.7. The first kappa shape index (κ1) is 14.4. The standard InChI is InChI=1S/C12H22N2O2S/c1-14(7-5-11(13)17)12(15)9-16-8-6-10-3-2-4-10/h10H,2-9H2,1H3,(H2,13,17). The van der Waals surface area contributed by atoms with Crippen LogP contribution in [0.1, 0.15) is 32.1 Å². The molecule has 0 spiro atoms. The number of thiocarbonyl (C=S) groups is 1. The van der Waals surface area contributed by atoms with Gasteiger partial charge in [-0.05, 0) is 12.3 Å². The lowest BCUT2D eigenvalue weighted by Gasteiger charge is -2.25.